The molecule has 1 N–H and O–H groups in total. The zero-order chi connectivity index (χ0) is 25.1. The van der Waals surface area contributed by atoms with Crippen LogP contribution in [0.1, 0.15) is 53.6 Å². The number of hydrogen-bond acceptors (Lipinski definition) is 6. The Morgan fingerprint density at radius 1 is 1.11 bits per heavy atom. The monoisotopic (exact) mass is 478 g/mol. The summed E-state index contributed by atoms with van der Waals surface area (Å²) < 4.78 is 24.3. The maximum Gasteiger partial charge on any atom is 0.336 e. The number of halogens is 1. The minimum absolute atomic E-state index is 0.0145. The molecule has 0 unspecified atom stereocenters. The van der Waals surface area contributed by atoms with Crippen molar-refractivity contribution >= 4 is 17.7 Å². The van der Waals surface area contributed by atoms with Gasteiger partial charge in [0.15, 0.2) is 5.78 Å². The molecule has 1 aliphatic heterocycles. The van der Waals surface area contributed by atoms with Gasteiger partial charge in [0.25, 0.3) is 5.91 Å². The van der Waals surface area contributed by atoms with Crippen molar-refractivity contribution in [1.82, 2.24) is 10.4 Å². The predicted octanol–water partition coefficient (Wildman–Crippen LogP) is 4.36. The normalized spacial score (nSPS) is 17.5. The standard InChI is InChI=1S/C27H27FN2O5/c1-16-21(27(33)35-15-17-8-4-5-10-20(17)26(32)30(2)28)14-22-23(29-16)12-18(13-24(22)31)19-9-6-7-11-25(19)34-3/h4-11,18,29H,12-15H2,1-3H3/t18-/m1/s1. The molecule has 35 heavy (non-hydrogen) atoms. The first-order valence-corrected chi connectivity index (χ1v) is 11.3. The Kier molecular flexibility index (Phi) is 7.00. The molecule has 2 aromatic rings. The maximum atomic E-state index is 13.4. The zero-order valence-electron chi connectivity index (χ0n) is 19.9. The van der Waals surface area contributed by atoms with Crippen LogP contribution in [0, 0.1) is 0 Å². The number of para-hydroxylation sites is 1. The second-order valence-corrected chi connectivity index (χ2v) is 8.65. The summed E-state index contributed by atoms with van der Waals surface area (Å²) >= 11 is 0. The number of nitrogens with zero attached hydrogens (tertiary/aromatic N) is 1. The molecule has 8 heteroatoms. The van der Waals surface area contributed by atoms with Gasteiger partial charge in [-0.3, -0.25) is 9.59 Å². The Bertz CT molecular complexity index is 1250. The van der Waals surface area contributed by atoms with Gasteiger partial charge in [-0.25, -0.2) is 4.79 Å². The number of benzene rings is 2. The van der Waals surface area contributed by atoms with Crippen molar-refractivity contribution < 1.29 is 28.3 Å². The molecule has 1 amide bonds. The molecule has 2 aromatic carbocycles. The third-order valence-corrected chi connectivity index (χ3v) is 6.44. The number of ketones is 1. The van der Waals surface area contributed by atoms with Gasteiger partial charge in [-0.2, -0.15) is 5.12 Å². The van der Waals surface area contributed by atoms with Gasteiger partial charge in [0.05, 0.1) is 12.7 Å². The van der Waals surface area contributed by atoms with Gasteiger partial charge in [0.2, 0.25) is 0 Å². The largest absolute Gasteiger partial charge is 0.496 e. The van der Waals surface area contributed by atoms with Crippen molar-refractivity contribution in [2.24, 2.45) is 0 Å². The number of dihydropyridines is 1. The lowest BCUT2D eigenvalue weighted by atomic mass is 9.78. The summed E-state index contributed by atoms with van der Waals surface area (Å²) in [6, 6.07) is 14.1. The van der Waals surface area contributed by atoms with E-state index in [1.807, 2.05) is 24.3 Å². The number of methoxy groups -OCH3 is 1. The van der Waals surface area contributed by atoms with Crippen LogP contribution >= 0.6 is 0 Å². The molecule has 1 heterocycles. The molecule has 1 aliphatic carbocycles. The molecule has 0 bridgehead atoms. The topological polar surface area (TPSA) is 84.9 Å². The van der Waals surface area contributed by atoms with Gasteiger partial charge < -0.3 is 14.8 Å². The summed E-state index contributed by atoms with van der Waals surface area (Å²) in [6.45, 7) is 1.58. The lowest BCUT2D eigenvalue weighted by Gasteiger charge is -2.32. The van der Waals surface area contributed by atoms with Crippen LogP contribution in [0.4, 0.5) is 4.48 Å². The minimum Gasteiger partial charge on any atom is -0.496 e. The maximum absolute atomic E-state index is 13.4. The van der Waals surface area contributed by atoms with E-state index in [1.165, 1.54) is 6.07 Å². The molecule has 0 radical (unpaired) electrons. The van der Waals surface area contributed by atoms with E-state index in [9.17, 15) is 18.9 Å². The van der Waals surface area contributed by atoms with E-state index in [0.717, 1.165) is 24.1 Å². The SMILES string of the molecule is COc1ccccc1[C@H]1CC(=O)C2=C(C1)NC(C)=C(C(=O)OCc1ccccc1C(=O)N(C)F)C2. The van der Waals surface area contributed by atoms with E-state index < -0.39 is 11.9 Å². The Morgan fingerprint density at radius 3 is 2.57 bits per heavy atom. The van der Waals surface area contributed by atoms with Crippen molar-refractivity contribution in [3.05, 3.63) is 87.8 Å². The lowest BCUT2D eigenvalue weighted by Crippen LogP contribution is -2.31. The van der Waals surface area contributed by atoms with Crippen molar-refractivity contribution in [3.8, 4) is 5.75 Å². The van der Waals surface area contributed by atoms with E-state index in [1.54, 1.807) is 32.2 Å². The molecule has 0 fully saturated rings. The number of ether oxygens (including phenoxy) is 2. The Morgan fingerprint density at radius 2 is 1.83 bits per heavy atom. The molecule has 182 valence electrons. The lowest BCUT2D eigenvalue weighted by molar-refractivity contribution is -0.140. The highest BCUT2D eigenvalue weighted by molar-refractivity contribution is 6.01. The fourth-order valence-electron chi connectivity index (χ4n) is 4.60. The third-order valence-electron chi connectivity index (χ3n) is 6.44. The summed E-state index contributed by atoms with van der Waals surface area (Å²) in [5.74, 6) is -0.696. The average molecular weight is 479 g/mol. The number of esters is 1. The molecule has 0 saturated heterocycles. The number of nitrogens with one attached hydrogen (secondary N) is 1. The number of rotatable bonds is 6. The Hall–Kier alpha value is -3.94. The van der Waals surface area contributed by atoms with Gasteiger partial charge in [0, 0.05) is 53.9 Å². The van der Waals surface area contributed by atoms with Crippen molar-refractivity contribution in [2.75, 3.05) is 14.2 Å². The van der Waals surface area contributed by atoms with Crippen molar-refractivity contribution in [1.29, 1.82) is 0 Å². The number of Topliss-reactive ketones (excluding diaryl/α,β-unsaturated/α-hetero) is 1. The van der Waals surface area contributed by atoms with Gasteiger partial charge in [-0.1, -0.05) is 40.9 Å². The molecule has 4 rings (SSSR count). The summed E-state index contributed by atoms with van der Waals surface area (Å²) in [5, 5.41) is 3.23. The first-order valence-electron chi connectivity index (χ1n) is 11.3. The van der Waals surface area contributed by atoms with Crippen molar-refractivity contribution in [2.45, 2.75) is 38.7 Å². The van der Waals surface area contributed by atoms with Gasteiger partial charge in [0.1, 0.15) is 12.4 Å². The van der Waals surface area contributed by atoms with E-state index in [4.69, 9.17) is 9.47 Å². The Balaban J connectivity index is 1.47. The van der Waals surface area contributed by atoms with Crippen LogP contribution in [-0.2, 0) is 20.9 Å². The van der Waals surface area contributed by atoms with E-state index in [0.29, 0.717) is 35.2 Å². The quantitative estimate of drug-likeness (QED) is 0.491. The number of amides is 1. The second-order valence-electron chi connectivity index (χ2n) is 8.65. The van der Waals surface area contributed by atoms with Gasteiger partial charge in [-0.15, -0.1) is 0 Å². The van der Waals surface area contributed by atoms with Crippen LogP contribution in [0.3, 0.4) is 0 Å². The smallest absolute Gasteiger partial charge is 0.336 e. The fraction of sp³-hybridized carbons (Fsp3) is 0.296. The van der Waals surface area contributed by atoms with Crippen LogP contribution < -0.4 is 10.1 Å². The molecule has 1 atom stereocenters. The highest BCUT2D eigenvalue weighted by Gasteiger charge is 2.34. The fourth-order valence-corrected chi connectivity index (χ4v) is 4.60. The molecule has 2 aliphatic rings. The van der Waals surface area contributed by atoms with Crippen LogP contribution in [0.15, 0.2) is 71.1 Å². The number of carbonyl (C=O) groups is 3. The van der Waals surface area contributed by atoms with E-state index >= 15 is 0 Å². The van der Waals surface area contributed by atoms with Gasteiger partial charge in [-0.05, 0) is 31.0 Å². The molecule has 0 saturated carbocycles. The van der Waals surface area contributed by atoms with E-state index in [2.05, 4.69) is 5.32 Å². The first kappa shape index (κ1) is 24.2. The summed E-state index contributed by atoms with van der Waals surface area (Å²) in [5.41, 5.74) is 3.87. The van der Waals surface area contributed by atoms with Crippen LogP contribution in [0.2, 0.25) is 0 Å². The van der Waals surface area contributed by atoms with Crippen LogP contribution in [-0.4, -0.2) is 36.9 Å². The van der Waals surface area contributed by atoms with Crippen LogP contribution in [0.5, 0.6) is 5.75 Å². The first-order chi connectivity index (χ1) is 16.8. The molecule has 0 aromatic heterocycles. The molecule has 7 nitrogen and oxygen atoms in total. The predicted molar refractivity (Wildman–Crippen MR) is 127 cm³/mol. The highest BCUT2D eigenvalue weighted by Crippen LogP contribution is 2.41. The summed E-state index contributed by atoms with van der Waals surface area (Å²) in [7, 11) is 2.62. The number of allylic oxidation sites excluding steroid dienone is 3. The summed E-state index contributed by atoms with van der Waals surface area (Å²) in [4.78, 5) is 38.0. The Labute approximate surface area is 203 Å². The second kappa shape index (κ2) is 10.1. The highest BCUT2D eigenvalue weighted by atomic mass is 19.2. The average Bonchev–Trinajstić information content (AvgIpc) is 2.86. The minimum atomic E-state index is -0.821. The van der Waals surface area contributed by atoms with Crippen molar-refractivity contribution in [3.63, 3.8) is 0 Å². The van der Waals surface area contributed by atoms with E-state index in [-0.39, 0.29) is 35.4 Å². The number of carbonyl (C=O) groups excluding carboxylic acids is 3. The van der Waals surface area contributed by atoms with Crippen LogP contribution in [0.25, 0.3) is 0 Å². The summed E-state index contributed by atoms with van der Waals surface area (Å²) in [6.07, 6.45) is 1.14. The third kappa shape index (κ3) is 4.96. The van der Waals surface area contributed by atoms with Gasteiger partial charge >= 0.3 is 5.97 Å². The molecular weight excluding hydrogens is 451 g/mol. The zero-order valence-corrected chi connectivity index (χ0v) is 19.9. The molecule has 0 spiro atoms. The number of hydrogen-bond donors (Lipinski definition) is 1. The molecular formula is C27H27FN2O5.